The predicted molar refractivity (Wildman–Crippen MR) is 62.3 cm³/mol. The summed E-state index contributed by atoms with van der Waals surface area (Å²) in [6.45, 7) is 5.01. The molecule has 0 amide bonds. The van der Waals surface area contributed by atoms with Gasteiger partial charge in [0, 0.05) is 12.1 Å². The SMILES string of the molecule is Cc1ccc(OCC(C)NC2CC2)cc1. The molecule has 2 heteroatoms. The molecule has 2 rings (SSSR count). The highest BCUT2D eigenvalue weighted by molar-refractivity contribution is 5.26. The fraction of sp³-hybridized carbons (Fsp3) is 0.538. The standard InChI is InChI=1S/C13H19NO/c1-10-3-7-13(8-4-10)15-9-11(2)14-12-5-6-12/h3-4,7-8,11-12,14H,5-6,9H2,1-2H3. The molecule has 0 radical (unpaired) electrons. The predicted octanol–water partition coefficient (Wildman–Crippen LogP) is 2.51. The molecule has 0 heterocycles. The number of rotatable bonds is 5. The molecule has 1 aromatic rings. The van der Waals surface area contributed by atoms with Crippen LogP contribution >= 0.6 is 0 Å². The van der Waals surface area contributed by atoms with Gasteiger partial charge in [-0.3, -0.25) is 0 Å². The summed E-state index contributed by atoms with van der Waals surface area (Å²) in [6, 6.07) is 9.40. The van der Waals surface area contributed by atoms with Gasteiger partial charge in [0.1, 0.15) is 12.4 Å². The number of nitrogens with one attached hydrogen (secondary N) is 1. The van der Waals surface area contributed by atoms with Crippen LogP contribution in [0.1, 0.15) is 25.3 Å². The van der Waals surface area contributed by atoms with Gasteiger partial charge in [-0.05, 0) is 38.8 Å². The van der Waals surface area contributed by atoms with Crippen molar-refractivity contribution in [3.05, 3.63) is 29.8 Å². The van der Waals surface area contributed by atoms with Crippen molar-refractivity contribution in [3.63, 3.8) is 0 Å². The second-order valence-corrected chi connectivity index (χ2v) is 4.47. The molecule has 15 heavy (non-hydrogen) atoms. The minimum absolute atomic E-state index is 0.443. The van der Waals surface area contributed by atoms with E-state index in [0.29, 0.717) is 6.04 Å². The zero-order chi connectivity index (χ0) is 10.7. The molecule has 0 spiro atoms. The van der Waals surface area contributed by atoms with E-state index in [-0.39, 0.29) is 0 Å². The first-order valence-corrected chi connectivity index (χ1v) is 5.69. The lowest BCUT2D eigenvalue weighted by atomic mass is 10.2. The third kappa shape index (κ3) is 3.56. The smallest absolute Gasteiger partial charge is 0.119 e. The first-order chi connectivity index (χ1) is 7.24. The van der Waals surface area contributed by atoms with Crippen molar-refractivity contribution < 1.29 is 4.74 Å². The molecule has 1 aromatic carbocycles. The van der Waals surface area contributed by atoms with Crippen molar-refractivity contribution in [2.75, 3.05) is 6.61 Å². The monoisotopic (exact) mass is 205 g/mol. The van der Waals surface area contributed by atoms with Crippen LogP contribution in [0.4, 0.5) is 0 Å². The number of hydrogen-bond acceptors (Lipinski definition) is 2. The Labute approximate surface area is 91.6 Å². The molecule has 0 saturated heterocycles. The molecule has 2 nitrogen and oxygen atoms in total. The molecule has 1 saturated carbocycles. The summed E-state index contributed by atoms with van der Waals surface area (Å²) in [6.07, 6.45) is 2.66. The lowest BCUT2D eigenvalue weighted by Gasteiger charge is -2.14. The van der Waals surface area contributed by atoms with Crippen LogP contribution in [0.15, 0.2) is 24.3 Å². The Kier molecular flexibility index (Phi) is 3.27. The second-order valence-electron chi connectivity index (χ2n) is 4.47. The quantitative estimate of drug-likeness (QED) is 0.797. The lowest BCUT2D eigenvalue weighted by molar-refractivity contribution is 0.272. The van der Waals surface area contributed by atoms with Crippen LogP contribution in [0.2, 0.25) is 0 Å². The van der Waals surface area contributed by atoms with E-state index >= 15 is 0 Å². The zero-order valence-electron chi connectivity index (χ0n) is 9.49. The molecular formula is C13H19NO. The van der Waals surface area contributed by atoms with Crippen molar-refractivity contribution in [1.82, 2.24) is 5.32 Å². The van der Waals surface area contributed by atoms with Gasteiger partial charge in [0.05, 0.1) is 0 Å². The maximum absolute atomic E-state index is 5.69. The Hall–Kier alpha value is -1.02. The van der Waals surface area contributed by atoms with Gasteiger partial charge in [0.15, 0.2) is 0 Å². The highest BCUT2D eigenvalue weighted by Gasteiger charge is 2.22. The minimum Gasteiger partial charge on any atom is -0.492 e. The van der Waals surface area contributed by atoms with Gasteiger partial charge in [-0.25, -0.2) is 0 Å². The van der Waals surface area contributed by atoms with Gasteiger partial charge in [0.25, 0.3) is 0 Å². The van der Waals surface area contributed by atoms with Crippen LogP contribution in [-0.2, 0) is 0 Å². The third-order valence-electron chi connectivity index (χ3n) is 2.62. The molecule has 82 valence electrons. The van der Waals surface area contributed by atoms with Crippen molar-refractivity contribution in [1.29, 1.82) is 0 Å². The summed E-state index contributed by atoms with van der Waals surface area (Å²) in [5, 5.41) is 3.51. The summed E-state index contributed by atoms with van der Waals surface area (Å²) < 4.78 is 5.69. The van der Waals surface area contributed by atoms with Crippen LogP contribution in [0.3, 0.4) is 0 Å². The summed E-state index contributed by atoms with van der Waals surface area (Å²) in [5.41, 5.74) is 1.27. The second kappa shape index (κ2) is 4.67. The highest BCUT2D eigenvalue weighted by atomic mass is 16.5. The fourth-order valence-electron chi connectivity index (χ4n) is 1.56. The van der Waals surface area contributed by atoms with E-state index in [1.165, 1.54) is 18.4 Å². The summed E-state index contributed by atoms with van der Waals surface area (Å²) in [5.74, 6) is 0.963. The molecule has 1 aliphatic carbocycles. The van der Waals surface area contributed by atoms with E-state index in [1.54, 1.807) is 0 Å². The van der Waals surface area contributed by atoms with E-state index in [0.717, 1.165) is 18.4 Å². The maximum Gasteiger partial charge on any atom is 0.119 e. The highest BCUT2D eigenvalue weighted by Crippen LogP contribution is 2.19. The average Bonchev–Trinajstić information content (AvgIpc) is 3.01. The van der Waals surface area contributed by atoms with Gasteiger partial charge >= 0.3 is 0 Å². The van der Waals surface area contributed by atoms with Gasteiger partial charge in [-0.1, -0.05) is 17.7 Å². The molecule has 1 fully saturated rings. The van der Waals surface area contributed by atoms with Gasteiger partial charge in [-0.15, -0.1) is 0 Å². The van der Waals surface area contributed by atoms with Crippen molar-refractivity contribution >= 4 is 0 Å². The average molecular weight is 205 g/mol. The van der Waals surface area contributed by atoms with Gasteiger partial charge in [-0.2, -0.15) is 0 Å². The van der Waals surface area contributed by atoms with E-state index in [9.17, 15) is 0 Å². The maximum atomic E-state index is 5.69. The Bertz CT molecular complexity index is 303. The Morgan fingerprint density at radius 1 is 1.33 bits per heavy atom. The first-order valence-electron chi connectivity index (χ1n) is 5.69. The van der Waals surface area contributed by atoms with Gasteiger partial charge in [0.2, 0.25) is 0 Å². The molecule has 1 unspecified atom stereocenters. The third-order valence-corrected chi connectivity index (χ3v) is 2.62. The summed E-state index contributed by atoms with van der Waals surface area (Å²) in [4.78, 5) is 0. The zero-order valence-corrected chi connectivity index (χ0v) is 9.49. The number of aryl methyl sites for hydroxylation is 1. The lowest BCUT2D eigenvalue weighted by Crippen LogP contribution is -2.33. The van der Waals surface area contributed by atoms with Crippen molar-refractivity contribution in [2.24, 2.45) is 0 Å². The van der Waals surface area contributed by atoms with Crippen molar-refractivity contribution in [2.45, 2.75) is 38.8 Å². The molecule has 1 atom stereocenters. The van der Waals surface area contributed by atoms with Crippen LogP contribution in [0.5, 0.6) is 5.75 Å². The Morgan fingerprint density at radius 3 is 2.60 bits per heavy atom. The largest absolute Gasteiger partial charge is 0.492 e. The number of benzene rings is 1. The van der Waals surface area contributed by atoms with E-state index in [1.807, 2.05) is 12.1 Å². The van der Waals surface area contributed by atoms with E-state index in [2.05, 4.69) is 31.3 Å². The van der Waals surface area contributed by atoms with Gasteiger partial charge < -0.3 is 10.1 Å². The number of ether oxygens (including phenoxy) is 1. The van der Waals surface area contributed by atoms with Crippen molar-refractivity contribution in [3.8, 4) is 5.75 Å². The van der Waals surface area contributed by atoms with Crippen LogP contribution < -0.4 is 10.1 Å². The minimum atomic E-state index is 0.443. The van der Waals surface area contributed by atoms with E-state index in [4.69, 9.17) is 4.74 Å². The molecule has 0 aliphatic heterocycles. The first kappa shape index (κ1) is 10.5. The fourth-order valence-corrected chi connectivity index (χ4v) is 1.56. The summed E-state index contributed by atoms with van der Waals surface area (Å²) >= 11 is 0. The van der Waals surface area contributed by atoms with E-state index < -0.39 is 0 Å². The topological polar surface area (TPSA) is 21.3 Å². The van der Waals surface area contributed by atoms with Crippen LogP contribution in [-0.4, -0.2) is 18.7 Å². The summed E-state index contributed by atoms with van der Waals surface area (Å²) in [7, 11) is 0. The molecular weight excluding hydrogens is 186 g/mol. The Balaban J connectivity index is 1.74. The molecule has 0 bridgehead atoms. The molecule has 1 N–H and O–H groups in total. The normalized spacial score (nSPS) is 17.5. The van der Waals surface area contributed by atoms with Crippen LogP contribution in [0.25, 0.3) is 0 Å². The molecule has 1 aliphatic rings. The van der Waals surface area contributed by atoms with Crippen LogP contribution in [0, 0.1) is 6.92 Å². The Morgan fingerprint density at radius 2 is 2.00 bits per heavy atom. The molecule has 0 aromatic heterocycles. The number of hydrogen-bond donors (Lipinski definition) is 1.